The number of nitrogens with one attached hydrogen (secondary N) is 2. The first-order valence-electron chi connectivity index (χ1n) is 8.51. The summed E-state index contributed by atoms with van der Waals surface area (Å²) >= 11 is 3.35. The second kappa shape index (κ2) is 9.08. The van der Waals surface area contributed by atoms with Gasteiger partial charge in [0.25, 0.3) is 5.91 Å². The summed E-state index contributed by atoms with van der Waals surface area (Å²) in [5, 5.41) is 5.27. The predicted octanol–water partition coefficient (Wildman–Crippen LogP) is 4.36. The summed E-state index contributed by atoms with van der Waals surface area (Å²) in [5.74, 6) is -3.61. The number of carbonyl (C=O) groups is 2. The molecule has 27 heavy (non-hydrogen) atoms. The van der Waals surface area contributed by atoms with Crippen LogP contribution in [0.5, 0.6) is 0 Å². The first-order valence-corrected chi connectivity index (χ1v) is 9.30. The molecule has 2 atom stereocenters. The van der Waals surface area contributed by atoms with E-state index in [0.29, 0.717) is 0 Å². The third-order valence-electron chi connectivity index (χ3n) is 4.15. The van der Waals surface area contributed by atoms with E-state index >= 15 is 0 Å². The Hall–Kier alpha value is -2.28. The van der Waals surface area contributed by atoms with E-state index in [2.05, 4.69) is 26.6 Å². The Morgan fingerprint density at radius 2 is 1.48 bits per heavy atom. The van der Waals surface area contributed by atoms with Crippen molar-refractivity contribution < 1.29 is 18.4 Å². The van der Waals surface area contributed by atoms with E-state index in [4.69, 9.17) is 0 Å². The Bertz CT molecular complexity index is 805. The normalized spacial score (nSPS) is 13.1. The monoisotopic (exact) mass is 438 g/mol. The van der Waals surface area contributed by atoms with Crippen molar-refractivity contribution in [1.82, 2.24) is 10.6 Å². The van der Waals surface area contributed by atoms with Gasteiger partial charge in [0.2, 0.25) is 5.91 Å². The molecule has 2 rings (SSSR count). The molecule has 144 valence electrons. The molecule has 7 heteroatoms. The zero-order valence-electron chi connectivity index (χ0n) is 15.2. The topological polar surface area (TPSA) is 58.2 Å². The van der Waals surface area contributed by atoms with Crippen molar-refractivity contribution in [2.45, 2.75) is 32.9 Å². The zero-order chi connectivity index (χ0) is 20.1. The summed E-state index contributed by atoms with van der Waals surface area (Å²) in [7, 11) is 0. The van der Waals surface area contributed by atoms with E-state index in [1.54, 1.807) is 13.8 Å². The summed E-state index contributed by atoms with van der Waals surface area (Å²) in [6.45, 7) is 5.30. The van der Waals surface area contributed by atoms with Gasteiger partial charge in [0, 0.05) is 4.47 Å². The van der Waals surface area contributed by atoms with Crippen LogP contribution in [0.2, 0.25) is 0 Å². The van der Waals surface area contributed by atoms with Crippen LogP contribution in [-0.2, 0) is 4.79 Å². The molecule has 2 amide bonds. The molecule has 2 aromatic carbocycles. The van der Waals surface area contributed by atoms with Crippen LogP contribution in [0.4, 0.5) is 8.78 Å². The van der Waals surface area contributed by atoms with Crippen LogP contribution in [-0.4, -0.2) is 17.9 Å². The van der Waals surface area contributed by atoms with Crippen LogP contribution in [0.1, 0.15) is 42.7 Å². The SMILES string of the molecule is CC(NC(=O)C(NC(=O)c1c(F)cccc1F)C(C)C)c1ccc(Br)cc1. The lowest BCUT2D eigenvalue weighted by Crippen LogP contribution is -2.50. The molecule has 0 saturated carbocycles. The highest BCUT2D eigenvalue weighted by atomic mass is 79.9. The minimum Gasteiger partial charge on any atom is -0.348 e. The van der Waals surface area contributed by atoms with Gasteiger partial charge in [-0.25, -0.2) is 8.78 Å². The van der Waals surface area contributed by atoms with Crippen LogP contribution in [0.3, 0.4) is 0 Å². The van der Waals surface area contributed by atoms with Crippen LogP contribution in [0.25, 0.3) is 0 Å². The molecular weight excluding hydrogens is 418 g/mol. The van der Waals surface area contributed by atoms with Gasteiger partial charge in [-0.1, -0.05) is 48.0 Å². The first kappa shape index (κ1) is 21.0. The molecule has 0 heterocycles. The second-order valence-electron chi connectivity index (χ2n) is 6.57. The third kappa shape index (κ3) is 5.35. The van der Waals surface area contributed by atoms with E-state index in [0.717, 1.165) is 22.2 Å². The molecule has 4 nitrogen and oxygen atoms in total. The lowest BCUT2D eigenvalue weighted by molar-refractivity contribution is -0.124. The van der Waals surface area contributed by atoms with E-state index in [9.17, 15) is 18.4 Å². The molecule has 0 aliphatic rings. The summed E-state index contributed by atoms with van der Waals surface area (Å²) in [6.07, 6.45) is 0. The largest absolute Gasteiger partial charge is 0.348 e. The maximum Gasteiger partial charge on any atom is 0.257 e. The van der Waals surface area contributed by atoms with Crippen LogP contribution >= 0.6 is 15.9 Å². The van der Waals surface area contributed by atoms with Gasteiger partial charge >= 0.3 is 0 Å². The van der Waals surface area contributed by atoms with Gasteiger partial charge in [0.1, 0.15) is 23.2 Å². The van der Waals surface area contributed by atoms with Gasteiger partial charge in [-0.05, 0) is 42.7 Å². The fourth-order valence-corrected chi connectivity index (χ4v) is 2.87. The van der Waals surface area contributed by atoms with Crippen LogP contribution < -0.4 is 10.6 Å². The van der Waals surface area contributed by atoms with E-state index in [1.165, 1.54) is 6.07 Å². The number of hydrogen-bond acceptors (Lipinski definition) is 2. The third-order valence-corrected chi connectivity index (χ3v) is 4.68. The summed E-state index contributed by atoms with van der Waals surface area (Å²) in [6, 6.07) is 9.40. The molecule has 2 unspecified atom stereocenters. The second-order valence-corrected chi connectivity index (χ2v) is 7.49. The van der Waals surface area contributed by atoms with Crippen molar-refractivity contribution in [2.75, 3.05) is 0 Å². The van der Waals surface area contributed by atoms with Crippen molar-refractivity contribution in [3.8, 4) is 0 Å². The minimum atomic E-state index is -0.973. The first-order chi connectivity index (χ1) is 12.7. The lowest BCUT2D eigenvalue weighted by atomic mass is 10.0. The Balaban J connectivity index is 2.13. The molecule has 0 spiro atoms. The number of benzene rings is 2. The van der Waals surface area contributed by atoms with E-state index in [-0.39, 0.29) is 12.0 Å². The van der Waals surface area contributed by atoms with Gasteiger partial charge < -0.3 is 10.6 Å². The van der Waals surface area contributed by atoms with Gasteiger partial charge in [-0.2, -0.15) is 0 Å². The summed E-state index contributed by atoms with van der Waals surface area (Å²) in [4.78, 5) is 25.0. The Kier molecular flexibility index (Phi) is 7.07. The Morgan fingerprint density at radius 1 is 0.926 bits per heavy atom. The number of hydrogen-bond donors (Lipinski definition) is 2. The average molecular weight is 439 g/mol. The maximum absolute atomic E-state index is 13.8. The fraction of sp³-hybridized carbons (Fsp3) is 0.300. The lowest BCUT2D eigenvalue weighted by Gasteiger charge is -2.24. The van der Waals surface area contributed by atoms with Crippen molar-refractivity contribution in [2.24, 2.45) is 5.92 Å². The summed E-state index contributed by atoms with van der Waals surface area (Å²) < 4.78 is 28.5. The quantitative estimate of drug-likeness (QED) is 0.703. The Labute approximate surface area is 165 Å². The molecule has 2 aromatic rings. The Morgan fingerprint density at radius 3 is 2.00 bits per heavy atom. The highest BCUT2D eigenvalue weighted by Crippen LogP contribution is 2.18. The molecule has 0 fully saturated rings. The highest BCUT2D eigenvalue weighted by Gasteiger charge is 2.28. The minimum absolute atomic E-state index is 0.277. The molecule has 0 aromatic heterocycles. The van der Waals surface area contributed by atoms with Gasteiger partial charge in [0.05, 0.1) is 6.04 Å². The van der Waals surface area contributed by atoms with Crippen molar-refractivity contribution in [3.05, 3.63) is 69.7 Å². The number of halogens is 3. The molecular formula is C20H21BrF2N2O2. The molecule has 0 radical (unpaired) electrons. The van der Waals surface area contributed by atoms with E-state index < -0.39 is 35.1 Å². The predicted molar refractivity (Wildman–Crippen MR) is 103 cm³/mol. The maximum atomic E-state index is 13.8. The van der Waals surface area contributed by atoms with Crippen molar-refractivity contribution >= 4 is 27.7 Å². The molecule has 2 N–H and O–H groups in total. The molecule has 0 aliphatic carbocycles. The van der Waals surface area contributed by atoms with Crippen LogP contribution in [0.15, 0.2) is 46.9 Å². The van der Waals surface area contributed by atoms with Gasteiger partial charge in [0.15, 0.2) is 0 Å². The molecule has 0 saturated heterocycles. The summed E-state index contributed by atoms with van der Waals surface area (Å²) in [5.41, 5.74) is 0.192. The molecule has 0 bridgehead atoms. The number of rotatable bonds is 6. The molecule has 0 aliphatic heterocycles. The number of carbonyl (C=O) groups excluding carboxylic acids is 2. The number of amides is 2. The zero-order valence-corrected chi connectivity index (χ0v) is 16.8. The highest BCUT2D eigenvalue weighted by molar-refractivity contribution is 9.10. The van der Waals surface area contributed by atoms with Crippen molar-refractivity contribution in [1.29, 1.82) is 0 Å². The fourth-order valence-electron chi connectivity index (χ4n) is 2.60. The van der Waals surface area contributed by atoms with Gasteiger partial charge in [-0.15, -0.1) is 0 Å². The van der Waals surface area contributed by atoms with Gasteiger partial charge in [-0.3, -0.25) is 9.59 Å². The smallest absolute Gasteiger partial charge is 0.257 e. The average Bonchev–Trinajstić information content (AvgIpc) is 2.59. The van der Waals surface area contributed by atoms with Crippen molar-refractivity contribution in [3.63, 3.8) is 0 Å². The van der Waals surface area contributed by atoms with Crippen LogP contribution in [0, 0.1) is 17.6 Å². The standard InChI is InChI=1S/C20H21BrF2N2O2/c1-11(2)18(25-19(26)17-15(22)5-4-6-16(17)23)20(27)24-12(3)13-7-9-14(21)10-8-13/h4-12,18H,1-3H3,(H,24,27)(H,25,26). The van der Waals surface area contributed by atoms with E-state index in [1.807, 2.05) is 31.2 Å².